The van der Waals surface area contributed by atoms with E-state index in [1.54, 1.807) is 80.6 Å². The third-order valence-corrected chi connectivity index (χ3v) is 11.0. The van der Waals surface area contributed by atoms with Gasteiger partial charge in [-0.05, 0) is 43.7 Å². The van der Waals surface area contributed by atoms with Crippen molar-refractivity contribution in [3.8, 4) is 0 Å². The largest absolute Gasteiger partial charge is 0.276 e. The topological polar surface area (TPSA) is 83.6 Å². The van der Waals surface area contributed by atoms with E-state index in [9.17, 15) is 16.8 Å². The van der Waals surface area contributed by atoms with Crippen molar-refractivity contribution in [1.82, 2.24) is 0 Å². The summed E-state index contributed by atoms with van der Waals surface area (Å²) < 4.78 is 57.8. The average molecular weight is 644 g/mol. The third kappa shape index (κ3) is 5.59. The van der Waals surface area contributed by atoms with E-state index in [0.29, 0.717) is 5.56 Å². The normalized spacial score (nSPS) is 12.3. The molecule has 0 amide bonds. The molecule has 0 fully saturated rings. The number of nitrogens with one attached hydrogen (secondary N) is 1. The summed E-state index contributed by atoms with van der Waals surface area (Å²) in [7, 11) is -8.46. The fraction of sp³-hybridized carbons (Fsp3) is 0.111. The summed E-state index contributed by atoms with van der Waals surface area (Å²) in [4.78, 5) is -0.0748. The van der Waals surface area contributed by atoms with Crippen LogP contribution in [0.25, 0.3) is 0 Å². The first kappa shape index (κ1) is 29.5. The second-order valence-electron chi connectivity index (χ2n) is 8.91. The van der Waals surface area contributed by atoms with Gasteiger partial charge in [0.1, 0.15) is 0 Å². The lowest BCUT2D eigenvalue weighted by atomic mass is 9.94. The predicted octanol–water partition coefficient (Wildman–Crippen LogP) is 8.23. The molecular formula is C27H22Cl4N2O4S2. The molecule has 4 aromatic carbocycles. The molecule has 4 rings (SSSR count). The predicted molar refractivity (Wildman–Crippen MR) is 159 cm³/mol. The first-order chi connectivity index (χ1) is 18.3. The van der Waals surface area contributed by atoms with Crippen LogP contribution in [0.3, 0.4) is 0 Å². The monoisotopic (exact) mass is 642 g/mol. The van der Waals surface area contributed by atoms with E-state index in [-0.39, 0.29) is 41.3 Å². The van der Waals surface area contributed by atoms with Crippen molar-refractivity contribution >= 4 is 77.8 Å². The molecule has 0 saturated carbocycles. The quantitative estimate of drug-likeness (QED) is 0.196. The first-order valence-electron chi connectivity index (χ1n) is 11.4. The number of halogens is 4. The van der Waals surface area contributed by atoms with Crippen molar-refractivity contribution in [3.63, 3.8) is 0 Å². The molecule has 0 aliphatic heterocycles. The smallest absolute Gasteiger partial charge is 0.265 e. The zero-order valence-electron chi connectivity index (χ0n) is 20.6. The Bertz CT molecular complexity index is 1690. The zero-order chi connectivity index (χ0) is 28.6. The van der Waals surface area contributed by atoms with Crippen LogP contribution >= 0.6 is 46.4 Å². The van der Waals surface area contributed by atoms with E-state index in [0.717, 1.165) is 4.31 Å². The standard InChI is InChI=1S/C27H22Cl4N2O4S2/c1-27(2,18-12-6-3-7-13-18)33(39(36,37)20-16-10-5-11-17-20)26-23(30)21(28)25(22(29)24(26)31)32-38(34,35)19-14-8-4-9-15-19/h3-17,32H,1-2H3. The van der Waals surface area contributed by atoms with Crippen molar-refractivity contribution in [3.05, 3.63) is 117 Å². The van der Waals surface area contributed by atoms with E-state index in [2.05, 4.69) is 4.72 Å². The van der Waals surface area contributed by atoms with Gasteiger partial charge in [0.05, 0.1) is 46.8 Å². The molecule has 0 aliphatic rings. The number of rotatable bonds is 8. The molecule has 204 valence electrons. The molecule has 0 atom stereocenters. The highest BCUT2D eigenvalue weighted by Crippen LogP contribution is 2.53. The lowest BCUT2D eigenvalue weighted by molar-refractivity contribution is 0.520. The highest BCUT2D eigenvalue weighted by molar-refractivity contribution is 7.93. The van der Waals surface area contributed by atoms with Gasteiger partial charge in [-0.3, -0.25) is 9.03 Å². The van der Waals surface area contributed by atoms with Gasteiger partial charge in [0, 0.05) is 0 Å². The minimum Gasteiger partial charge on any atom is -0.276 e. The summed E-state index contributed by atoms with van der Waals surface area (Å²) in [6.07, 6.45) is 0. The van der Waals surface area contributed by atoms with Gasteiger partial charge in [-0.2, -0.15) is 0 Å². The molecule has 0 spiro atoms. The molecule has 0 radical (unpaired) electrons. The van der Waals surface area contributed by atoms with E-state index >= 15 is 0 Å². The molecule has 0 aromatic heterocycles. The SMILES string of the molecule is CC(C)(c1ccccc1)N(c1c(Cl)c(Cl)c(NS(=O)(=O)c2ccccc2)c(Cl)c1Cl)S(=O)(=O)c1ccccc1. The molecule has 0 bridgehead atoms. The maximum atomic E-state index is 14.2. The maximum absolute atomic E-state index is 14.2. The highest BCUT2D eigenvalue weighted by atomic mass is 35.5. The van der Waals surface area contributed by atoms with Crippen molar-refractivity contribution in [2.45, 2.75) is 29.2 Å². The Kier molecular flexibility index (Phi) is 8.47. The van der Waals surface area contributed by atoms with Crippen LogP contribution in [0.15, 0.2) is 101 Å². The Morgan fingerprint density at radius 2 is 1.03 bits per heavy atom. The van der Waals surface area contributed by atoms with Crippen LogP contribution < -0.4 is 9.03 Å². The minimum atomic E-state index is -4.32. The lowest BCUT2D eigenvalue weighted by Crippen LogP contribution is -2.46. The number of hydrogen-bond acceptors (Lipinski definition) is 4. The maximum Gasteiger partial charge on any atom is 0.265 e. The van der Waals surface area contributed by atoms with Crippen LogP contribution in [0.4, 0.5) is 11.4 Å². The van der Waals surface area contributed by atoms with E-state index in [1.807, 2.05) is 0 Å². The van der Waals surface area contributed by atoms with Gasteiger partial charge in [-0.25, -0.2) is 16.8 Å². The Hall–Kier alpha value is -2.46. The van der Waals surface area contributed by atoms with Gasteiger partial charge in [0.15, 0.2) is 0 Å². The fourth-order valence-electron chi connectivity index (χ4n) is 4.04. The molecule has 1 N–H and O–H groups in total. The first-order valence-corrected chi connectivity index (χ1v) is 15.8. The number of anilines is 2. The summed E-state index contributed by atoms with van der Waals surface area (Å²) in [6, 6.07) is 24.2. The summed E-state index contributed by atoms with van der Waals surface area (Å²) in [5, 5.41) is -1.25. The molecule has 6 nitrogen and oxygen atoms in total. The molecule has 0 heterocycles. The fourth-order valence-corrected chi connectivity index (χ4v) is 8.31. The molecule has 4 aromatic rings. The van der Waals surface area contributed by atoms with E-state index < -0.39 is 25.6 Å². The molecule has 12 heteroatoms. The van der Waals surface area contributed by atoms with Crippen LogP contribution in [-0.4, -0.2) is 16.8 Å². The second-order valence-corrected chi connectivity index (χ2v) is 13.9. The Labute approximate surface area is 248 Å². The second kappa shape index (κ2) is 11.2. The van der Waals surface area contributed by atoms with Gasteiger partial charge < -0.3 is 0 Å². The average Bonchev–Trinajstić information content (AvgIpc) is 2.93. The summed E-state index contributed by atoms with van der Waals surface area (Å²) in [6.45, 7) is 3.37. The molecule has 0 aliphatic carbocycles. The van der Waals surface area contributed by atoms with E-state index in [4.69, 9.17) is 46.4 Å². The zero-order valence-corrected chi connectivity index (χ0v) is 25.2. The van der Waals surface area contributed by atoms with Gasteiger partial charge in [-0.15, -0.1) is 0 Å². The number of sulfonamides is 2. The molecule has 39 heavy (non-hydrogen) atoms. The number of benzene rings is 4. The molecule has 0 unspecified atom stereocenters. The van der Waals surface area contributed by atoms with Crippen molar-refractivity contribution in [2.24, 2.45) is 0 Å². The minimum absolute atomic E-state index is 0.0257. The Balaban J connectivity index is 1.98. The van der Waals surface area contributed by atoms with Gasteiger partial charge in [0.25, 0.3) is 20.0 Å². The van der Waals surface area contributed by atoms with Crippen molar-refractivity contribution in [2.75, 3.05) is 9.03 Å². The van der Waals surface area contributed by atoms with Gasteiger partial charge in [-0.1, -0.05) is 113 Å². The van der Waals surface area contributed by atoms with Crippen LogP contribution in [0.1, 0.15) is 19.4 Å². The van der Waals surface area contributed by atoms with Gasteiger partial charge >= 0.3 is 0 Å². The van der Waals surface area contributed by atoms with Gasteiger partial charge in [0.2, 0.25) is 0 Å². The molecule has 0 saturated heterocycles. The highest BCUT2D eigenvalue weighted by Gasteiger charge is 2.42. The molecular weight excluding hydrogens is 622 g/mol. The number of nitrogens with zero attached hydrogens (tertiary/aromatic N) is 1. The lowest BCUT2D eigenvalue weighted by Gasteiger charge is -2.41. The summed E-state index contributed by atoms with van der Waals surface area (Å²) >= 11 is 26.6. The summed E-state index contributed by atoms with van der Waals surface area (Å²) in [5.41, 5.74) is -1.12. The Morgan fingerprint density at radius 3 is 1.49 bits per heavy atom. The van der Waals surface area contributed by atoms with Crippen LogP contribution in [0.2, 0.25) is 20.1 Å². The van der Waals surface area contributed by atoms with Crippen LogP contribution in [-0.2, 0) is 25.6 Å². The van der Waals surface area contributed by atoms with Crippen molar-refractivity contribution in [1.29, 1.82) is 0 Å². The van der Waals surface area contributed by atoms with Crippen LogP contribution in [0, 0.1) is 0 Å². The van der Waals surface area contributed by atoms with Crippen molar-refractivity contribution < 1.29 is 16.8 Å². The number of hydrogen-bond donors (Lipinski definition) is 1. The summed E-state index contributed by atoms with van der Waals surface area (Å²) in [5.74, 6) is 0. The Morgan fingerprint density at radius 1 is 0.615 bits per heavy atom. The third-order valence-electron chi connectivity index (χ3n) is 6.00. The van der Waals surface area contributed by atoms with E-state index in [1.165, 1.54) is 24.3 Å². The van der Waals surface area contributed by atoms with Crippen LogP contribution in [0.5, 0.6) is 0 Å².